The number of esters is 1. The standard InChI is InChI=1S/C12H11F4NO3S/c1-6(18)20-9-4-2-7-8(13)3-5-10(11(7)9)21(17,19)12(14,15)16/h3,5,9,17H,2,4H2,1H3. The lowest BCUT2D eigenvalue weighted by atomic mass is 10.1. The zero-order chi connectivity index (χ0) is 16.0. The third-order valence-corrected chi connectivity index (χ3v) is 4.81. The van der Waals surface area contributed by atoms with E-state index >= 15 is 0 Å². The summed E-state index contributed by atoms with van der Waals surface area (Å²) in [6, 6.07) is 1.43. The molecule has 0 fully saturated rings. The molecule has 4 nitrogen and oxygen atoms in total. The first-order valence-corrected chi connectivity index (χ1v) is 7.45. The summed E-state index contributed by atoms with van der Waals surface area (Å²) in [4.78, 5) is 10.2. The Bertz CT molecular complexity index is 697. The largest absolute Gasteiger partial charge is 0.483 e. The van der Waals surface area contributed by atoms with Gasteiger partial charge in [-0.2, -0.15) is 13.2 Å². The Morgan fingerprint density at radius 2 is 2.05 bits per heavy atom. The predicted molar refractivity (Wildman–Crippen MR) is 64.4 cm³/mol. The predicted octanol–water partition coefficient (Wildman–Crippen LogP) is 3.30. The van der Waals surface area contributed by atoms with E-state index < -0.39 is 38.0 Å². The van der Waals surface area contributed by atoms with Crippen LogP contribution < -0.4 is 0 Å². The molecular formula is C12H11F4NO3S. The van der Waals surface area contributed by atoms with Crippen molar-refractivity contribution in [1.29, 1.82) is 4.78 Å². The second kappa shape index (κ2) is 4.97. The molecule has 1 N–H and O–H groups in total. The molecule has 0 aliphatic heterocycles. The van der Waals surface area contributed by atoms with Crippen molar-refractivity contribution >= 4 is 15.7 Å². The van der Waals surface area contributed by atoms with Crippen LogP contribution in [0.3, 0.4) is 0 Å². The fourth-order valence-electron chi connectivity index (χ4n) is 2.34. The van der Waals surface area contributed by atoms with Crippen LogP contribution in [0.1, 0.15) is 30.6 Å². The number of fused-ring (bicyclic) bond motifs is 1. The van der Waals surface area contributed by atoms with Crippen LogP contribution in [0, 0.1) is 10.6 Å². The molecule has 21 heavy (non-hydrogen) atoms. The molecule has 0 bridgehead atoms. The lowest BCUT2D eigenvalue weighted by Gasteiger charge is -2.19. The highest BCUT2D eigenvalue weighted by molar-refractivity contribution is 7.93. The average Bonchev–Trinajstić information content (AvgIpc) is 2.72. The second-order valence-electron chi connectivity index (χ2n) is 4.58. The van der Waals surface area contributed by atoms with Gasteiger partial charge in [0.1, 0.15) is 11.9 Å². The first-order valence-electron chi connectivity index (χ1n) is 5.89. The Hall–Kier alpha value is -1.64. The van der Waals surface area contributed by atoms with Crippen LogP contribution in [-0.2, 0) is 25.7 Å². The minimum Gasteiger partial charge on any atom is -0.458 e. The van der Waals surface area contributed by atoms with Crippen LogP contribution in [0.4, 0.5) is 17.6 Å². The monoisotopic (exact) mass is 325 g/mol. The minimum absolute atomic E-state index is 0.0559. The molecule has 0 amide bonds. The van der Waals surface area contributed by atoms with Crippen LogP contribution in [0.25, 0.3) is 0 Å². The van der Waals surface area contributed by atoms with Crippen molar-refractivity contribution in [3.05, 3.63) is 29.1 Å². The van der Waals surface area contributed by atoms with Gasteiger partial charge in [-0.25, -0.2) is 13.4 Å². The maximum Gasteiger partial charge on any atom is 0.483 e. The number of benzene rings is 1. The maximum atomic E-state index is 13.7. The van der Waals surface area contributed by atoms with Gasteiger partial charge in [0.25, 0.3) is 0 Å². The highest BCUT2D eigenvalue weighted by atomic mass is 32.2. The molecule has 1 aromatic rings. The molecule has 0 heterocycles. The zero-order valence-electron chi connectivity index (χ0n) is 10.8. The van der Waals surface area contributed by atoms with E-state index in [1.807, 2.05) is 0 Å². The van der Waals surface area contributed by atoms with Crippen LogP contribution in [-0.4, -0.2) is 15.7 Å². The zero-order valence-corrected chi connectivity index (χ0v) is 11.6. The van der Waals surface area contributed by atoms with Gasteiger partial charge in [0, 0.05) is 12.5 Å². The molecule has 0 aromatic heterocycles. The lowest BCUT2D eigenvalue weighted by Crippen LogP contribution is -2.24. The molecule has 0 saturated carbocycles. The van der Waals surface area contributed by atoms with Crippen molar-refractivity contribution in [3.8, 4) is 0 Å². The molecule has 9 heteroatoms. The van der Waals surface area contributed by atoms with Gasteiger partial charge >= 0.3 is 11.5 Å². The Balaban J connectivity index is 2.66. The number of carbonyl (C=O) groups is 1. The van der Waals surface area contributed by atoms with E-state index in [9.17, 15) is 26.6 Å². The minimum atomic E-state index is -5.29. The van der Waals surface area contributed by atoms with Gasteiger partial charge in [0.2, 0.25) is 0 Å². The topological polar surface area (TPSA) is 67.2 Å². The quantitative estimate of drug-likeness (QED) is 0.670. The van der Waals surface area contributed by atoms with Gasteiger partial charge in [-0.05, 0) is 30.5 Å². The molecule has 1 aromatic carbocycles. The molecular weight excluding hydrogens is 314 g/mol. The fourth-order valence-corrected chi connectivity index (χ4v) is 3.41. The van der Waals surface area contributed by atoms with Gasteiger partial charge in [0.15, 0.2) is 9.73 Å². The Morgan fingerprint density at radius 3 is 2.57 bits per heavy atom. The SMILES string of the molecule is CC(=O)OC1CCc2c(F)ccc(S(=N)(=O)C(F)(F)F)c21. The summed E-state index contributed by atoms with van der Waals surface area (Å²) in [6.45, 7) is 1.07. The van der Waals surface area contributed by atoms with E-state index in [0.29, 0.717) is 6.07 Å². The number of hydrogen-bond acceptors (Lipinski definition) is 4. The number of ether oxygens (including phenoxy) is 1. The van der Waals surface area contributed by atoms with Crippen molar-refractivity contribution in [1.82, 2.24) is 0 Å². The smallest absolute Gasteiger partial charge is 0.458 e. The molecule has 1 aliphatic rings. The molecule has 0 radical (unpaired) electrons. The van der Waals surface area contributed by atoms with E-state index in [4.69, 9.17) is 9.52 Å². The van der Waals surface area contributed by atoms with Gasteiger partial charge < -0.3 is 4.74 Å². The Morgan fingerprint density at radius 1 is 1.43 bits per heavy atom. The number of hydrogen-bond donors (Lipinski definition) is 1. The van der Waals surface area contributed by atoms with Crippen LogP contribution in [0.2, 0.25) is 0 Å². The third kappa shape index (κ3) is 2.61. The first-order chi connectivity index (χ1) is 9.55. The highest BCUT2D eigenvalue weighted by Gasteiger charge is 2.46. The summed E-state index contributed by atoms with van der Waals surface area (Å²) in [5, 5.41) is 0. The van der Waals surface area contributed by atoms with Gasteiger partial charge in [-0.3, -0.25) is 4.79 Å². The molecule has 2 rings (SSSR count). The summed E-state index contributed by atoms with van der Waals surface area (Å²) >= 11 is 0. The summed E-state index contributed by atoms with van der Waals surface area (Å²) in [7, 11) is -5.15. The molecule has 1 aliphatic carbocycles. The third-order valence-electron chi connectivity index (χ3n) is 3.18. The van der Waals surface area contributed by atoms with Crippen molar-refractivity contribution in [3.63, 3.8) is 0 Å². The van der Waals surface area contributed by atoms with E-state index in [1.54, 1.807) is 0 Å². The first kappa shape index (κ1) is 15.7. The lowest BCUT2D eigenvalue weighted by molar-refractivity contribution is -0.146. The highest BCUT2D eigenvalue weighted by Crippen LogP contribution is 2.43. The van der Waals surface area contributed by atoms with Crippen LogP contribution in [0.5, 0.6) is 0 Å². The van der Waals surface area contributed by atoms with E-state index in [1.165, 1.54) is 0 Å². The van der Waals surface area contributed by atoms with Gasteiger partial charge in [-0.1, -0.05) is 0 Å². The van der Waals surface area contributed by atoms with Crippen LogP contribution in [0.15, 0.2) is 17.0 Å². The Kier molecular flexibility index (Phi) is 3.73. The normalized spacial score (nSPS) is 20.7. The van der Waals surface area contributed by atoms with Gasteiger partial charge in [-0.15, -0.1) is 0 Å². The van der Waals surface area contributed by atoms with Crippen molar-refractivity contribution in [2.75, 3.05) is 0 Å². The molecule has 0 saturated heterocycles. The fraction of sp³-hybridized carbons (Fsp3) is 0.417. The van der Waals surface area contributed by atoms with Crippen molar-refractivity contribution in [2.24, 2.45) is 0 Å². The number of rotatable bonds is 2. The van der Waals surface area contributed by atoms with Crippen molar-refractivity contribution < 1.29 is 31.3 Å². The Labute approximate surface area is 118 Å². The number of halogens is 4. The van der Waals surface area contributed by atoms with E-state index in [2.05, 4.69) is 0 Å². The summed E-state index contributed by atoms with van der Waals surface area (Å²) in [6.07, 6.45) is -0.965. The van der Waals surface area contributed by atoms with E-state index in [-0.39, 0.29) is 24.0 Å². The van der Waals surface area contributed by atoms with Crippen LogP contribution >= 0.6 is 0 Å². The maximum absolute atomic E-state index is 13.7. The van der Waals surface area contributed by atoms with E-state index in [0.717, 1.165) is 13.0 Å². The van der Waals surface area contributed by atoms with Crippen molar-refractivity contribution in [2.45, 2.75) is 36.3 Å². The number of nitrogens with one attached hydrogen (secondary N) is 1. The second-order valence-corrected chi connectivity index (χ2v) is 6.59. The van der Waals surface area contributed by atoms with Gasteiger partial charge in [0.05, 0.1) is 4.90 Å². The summed E-state index contributed by atoms with van der Waals surface area (Å²) < 4.78 is 76.0. The number of alkyl halides is 3. The summed E-state index contributed by atoms with van der Waals surface area (Å²) in [5.74, 6) is -1.51. The molecule has 2 unspecified atom stereocenters. The number of carbonyl (C=O) groups excluding carboxylic acids is 1. The summed E-state index contributed by atoms with van der Waals surface area (Å²) in [5.41, 5.74) is -5.66. The molecule has 0 spiro atoms. The average molecular weight is 325 g/mol. The molecule has 116 valence electrons. The molecule has 2 atom stereocenters.